The zero-order valence-corrected chi connectivity index (χ0v) is 8.15. The number of ether oxygens (including phenoxy) is 1. The number of methoxy groups -OCH3 is 1. The van der Waals surface area contributed by atoms with Crippen LogP contribution >= 0.6 is 0 Å². The van der Waals surface area contributed by atoms with Crippen LogP contribution in [-0.2, 0) is 0 Å². The van der Waals surface area contributed by atoms with Crippen molar-refractivity contribution >= 4 is 0 Å². The molecule has 0 amide bonds. The van der Waals surface area contributed by atoms with E-state index < -0.39 is 0 Å². The van der Waals surface area contributed by atoms with E-state index in [0.29, 0.717) is 5.95 Å². The Hall–Kier alpha value is -1.77. The summed E-state index contributed by atoms with van der Waals surface area (Å²) in [6, 6.07) is 9.92. The minimum absolute atomic E-state index is 0.466. The molecule has 3 heteroatoms. The van der Waals surface area contributed by atoms with Gasteiger partial charge in [-0.05, 0) is 12.5 Å². The molecule has 0 aliphatic heterocycles. The molecule has 0 N–H and O–H groups in total. The third-order valence-electron chi connectivity index (χ3n) is 2.08. The first kappa shape index (κ1) is 8.81. The van der Waals surface area contributed by atoms with E-state index >= 15 is 0 Å². The SMILES string of the molecule is COc1onc(C)c1-c1ccccc1. The zero-order valence-electron chi connectivity index (χ0n) is 8.15. The van der Waals surface area contributed by atoms with E-state index in [-0.39, 0.29) is 0 Å². The summed E-state index contributed by atoms with van der Waals surface area (Å²) in [5, 5.41) is 3.86. The normalized spacial score (nSPS) is 10.1. The van der Waals surface area contributed by atoms with E-state index in [1.54, 1.807) is 7.11 Å². The number of benzene rings is 1. The molecule has 0 radical (unpaired) electrons. The summed E-state index contributed by atoms with van der Waals surface area (Å²) in [7, 11) is 1.58. The van der Waals surface area contributed by atoms with Crippen molar-refractivity contribution in [2.24, 2.45) is 0 Å². The van der Waals surface area contributed by atoms with Crippen LogP contribution in [-0.4, -0.2) is 12.3 Å². The molecule has 0 saturated heterocycles. The van der Waals surface area contributed by atoms with E-state index in [0.717, 1.165) is 16.8 Å². The maximum absolute atomic E-state index is 5.09. The highest BCUT2D eigenvalue weighted by Crippen LogP contribution is 2.32. The Balaban J connectivity index is 2.55. The van der Waals surface area contributed by atoms with Gasteiger partial charge in [-0.3, -0.25) is 0 Å². The van der Waals surface area contributed by atoms with E-state index in [4.69, 9.17) is 9.26 Å². The number of nitrogens with zero attached hydrogens (tertiary/aromatic N) is 1. The molecule has 3 nitrogen and oxygen atoms in total. The molecule has 0 aliphatic rings. The van der Waals surface area contributed by atoms with Gasteiger partial charge in [-0.25, -0.2) is 0 Å². The summed E-state index contributed by atoms with van der Waals surface area (Å²) in [6.45, 7) is 1.90. The van der Waals surface area contributed by atoms with Crippen LogP contribution < -0.4 is 4.74 Å². The van der Waals surface area contributed by atoms with Crippen molar-refractivity contribution in [3.8, 4) is 17.1 Å². The van der Waals surface area contributed by atoms with Crippen molar-refractivity contribution in [2.75, 3.05) is 7.11 Å². The molecule has 2 rings (SSSR count). The first-order valence-corrected chi connectivity index (χ1v) is 4.38. The van der Waals surface area contributed by atoms with Crippen LogP contribution in [0.15, 0.2) is 34.9 Å². The lowest BCUT2D eigenvalue weighted by Gasteiger charge is -1.99. The lowest BCUT2D eigenvalue weighted by Crippen LogP contribution is -1.84. The number of rotatable bonds is 2. The van der Waals surface area contributed by atoms with E-state index in [1.165, 1.54) is 0 Å². The van der Waals surface area contributed by atoms with Gasteiger partial charge in [-0.15, -0.1) is 0 Å². The van der Waals surface area contributed by atoms with Crippen LogP contribution in [0.5, 0.6) is 5.95 Å². The molecular formula is C11H11NO2. The van der Waals surface area contributed by atoms with Gasteiger partial charge in [-0.1, -0.05) is 35.5 Å². The van der Waals surface area contributed by atoms with Crippen LogP contribution in [0, 0.1) is 6.92 Å². The highest BCUT2D eigenvalue weighted by Gasteiger charge is 2.14. The van der Waals surface area contributed by atoms with Crippen LogP contribution in [0.4, 0.5) is 0 Å². The molecule has 0 unspecified atom stereocenters. The van der Waals surface area contributed by atoms with Gasteiger partial charge in [0.05, 0.1) is 18.4 Å². The largest absolute Gasteiger partial charge is 0.467 e. The Labute approximate surface area is 82.3 Å². The van der Waals surface area contributed by atoms with Gasteiger partial charge in [0.15, 0.2) is 0 Å². The predicted molar refractivity (Wildman–Crippen MR) is 53.2 cm³/mol. The molecule has 1 heterocycles. The van der Waals surface area contributed by atoms with Crippen molar-refractivity contribution in [1.29, 1.82) is 0 Å². The first-order chi connectivity index (χ1) is 6.83. The van der Waals surface area contributed by atoms with Crippen molar-refractivity contribution in [3.05, 3.63) is 36.0 Å². The summed E-state index contributed by atoms with van der Waals surface area (Å²) in [5.74, 6) is 0.466. The third-order valence-corrected chi connectivity index (χ3v) is 2.08. The number of aromatic nitrogens is 1. The molecule has 1 aromatic carbocycles. The molecule has 0 spiro atoms. The van der Waals surface area contributed by atoms with E-state index in [9.17, 15) is 0 Å². The average molecular weight is 189 g/mol. The van der Waals surface area contributed by atoms with Crippen molar-refractivity contribution < 1.29 is 9.26 Å². The molecule has 1 aromatic heterocycles. The van der Waals surface area contributed by atoms with E-state index in [2.05, 4.69) is 5.16 Å². The summed E-state index contributed by atoms with van der Waals surface area (Å²) >= 11 is 0. The molecular weight excluding hydrogens is 178 g/mol. The molecule has 0 aliphatic carbocycles. The second-order valence-corrected chi connectivity index (χ2v) is 3.00. The standard InChI is InChI=1S/C11H11NO2/c1-8-10(11(13-2)14-12-8)9-6-4-3-5-7-9/h3-7H,1-2H3. The fourth-order valence-electron chi connectivity index (χ4n) is 1.42. The monoisotopic (exact) mass is 189 g/mol. The van der Waals surface area contributed by atoms with Gasteiger partial charge >= 0.3 is 5.95 Å². The maximum atomic E-state index is 5.09. The summed E-state index contributed by atoms with van der Waals surface area (Å²) in [6.07, 6.45) is 0. The van der Waals surface area contributed by atoms with Crippen molar-refractivity contribution in [3.63, 3.8) is 0 Å². The first-order valence-electron chi connectivity index (χ1n) is 4.38. The fourth-order valence-corrected chi connectivity index (χ4v) is 1.42. The van der Waals surface area contributed by atoms with Gasteiger partial charge in [0.2, 0.25) is 0 Å². The molecule has 0 saturated carbocycles. The summed E-state index contributed by atoms with van der Waals surface area (Å²) in [5.41, 5.74) is 2.82. The zero-order chi connectivity index (χ0) is 9.97. The quantitative estimate of drug-likeness (QED) is 0.728. The van der Waals surface area contributed by atoms with Crippen molar-refractivity contribution in [2.45, 2.75) is 6.92 Å². The van der Waals surface area contributed by atoms with E-state index in [1.807, 2.05) is 37.3 Å². The Morgan fingerprint density at radius 2 is 1.93 bits per heavy atom. The minimum Gasteiger partial charge on any atom is -0.467 e. The van der Waals surface area contributed by atoms with Gasteiger partial charge in [0.1, 0.15) is 0 Å². The molecule has 0 bridgehead atoms. The second-order valence-electron chi connectivity index (χ2n) is 3.00. The second kappa shape index (κ2) is 3.54. The molecule has 0 fully saturated rings. The lowest BCUT2D eigenvalue weighted by molar-refractivity contribution is 0.261. The smallest absolute Gasteiger partial charge is 0.319 e. The Morgan fingerprint density at radius 1 is 1.21 bits per heavy atom. The highest BCUT2D eigenvalue weighted by molar-refractivity contribution is 5.69. The van der Waals surface area contributed by atoms with Gasteiger partial charge in [-0.2, -0.15) is 0 Å². The lowest BCUT2D eigenvalue weighted by atomic mass is 10.1. The third kappa shape index (κ3) is 1.37. The summed E-state index contributed by atoms with van der Waals surface area (Å²) < 4.78 is 10.1. The molecule has 2 aromatic rings. The van der Waals surface area contributed by atoms with Crippen LogP contribution in [0.3, 0.4) is 0 Å². The number of hydrogen-bond donors (Lipinski definition) is 0. The molecule has 14 heavy (non-hydrogen) atoms. The number of aryl methyl sites for hydroxylation is 1. The van der Waals surface area contributed by atoms with Crippen LogP contribution in [0.2, 0.25) is 0 Å². The highest BCUT2D eigenvalue weighted by atomic mass is 16.6. The Kier molecular flexibility index (Phi) is 2.23. The fraction of sp³-hybridized carbons (Fsp3) is 0.182. The van der Waals surface area contributed by atoms with Crippen LogP contribution in [0.25, 0.3) is 11.1 Å². The maximum Gasteiger partial charge on any atom is 0.319 e. The summed E-state index contributed by atoms with van der Waals surface area (Å²) in [4.78, 5) is 0. The predicted octanol–water partition coefficient (Wildman–Crippen LogP) is 2.66. The Morgan fingerprint density at radius 3 is 2.57 bits per heavy atom. The van der Waals surface area contributed by atoms with Gasteiger partial charge in [0.25, 0.3) is 0 Å². The van der Waals surface area contributed by atoms with Gasteiger partial charge in [0, 0.05) is 0 Å². The average Bonchev–Trinajstić information content (AvgIpc) is 2.61. The number of hydrogen-bond acceptors (Lipinski definition) is 3. The van der Waals surface area contributed by atoms with Crippen LogP contribution in [0.1, 0.15) is 5.69 Å². The molecule has 0 atom stereocenters. The topological polar surface area (TPSA) is 35.3 Å². The minimum atomic E-state index is 0.466. The van der Waals surface area contributed by atoms with Crippen molar-refractivity contribution in [1.82, 2.24) is 5.16 Å². The van der Waals surface area contributed by atoms with Gasteiger partial charge < -0.3 is 9.26 Å². The molecule has 72 valence electrons. The Bertz CT molecular complexity index is 420.